The predicted molar refractivity (Wildman–Crippen MR) is 49.4 cm³/mol. The zero-order chi connectivity index (χ0) is 8.39. The first-order valence-corrected chi connectivity index (χ1v) is 4.85. The van der Waals surface area contributed by atoms with Crippen molar-refractivity contribution in [1.82, 2.24) is 4.98 Å². The third kappa shape index (κ3) is 1.26. The van der Waals surface area contributed by atoms with Crippen LogP contribution in [0.1, 0.15) is 5.69 Å². The maximum Gasteiger partial charge on any atom is 0.181 e. The first-order valence-electron chi connectivity index (χ1n) is 3.44. The lowest BCUT2D eigenvalue weighted by Gasteiger charge is -1.91. The quantitative estimate of drug-likeness (QED) is 0.695. The first kappa shape index (κ1) is 7.83. The number of nitrogens with zero attached hydrogens (tertiary/aromatic N) is 1. The Hall–Kier alpha value is -0.800. The molecule has 0 fully saturated rings. The summed E-state index contributed by atoms with van der Waals surface area (Å²) in [6.45, 7) is 0. The lowest BCUT2D eigenvalue weighted by molar-refractivity contribution is 0.572. The molecule has 0 saturated carbocycles. The van der Waals surface area contributed by atoms with Crippen LogP contribution in [0.2, 0.25) is 0 Å². The molecule has 12 heavy (non-hydrogen) atoms. The Morgan fingerprint density at radius 3 is 3.17 bits per heavy atom. The minimum Gasteiger partial charge on any atom is -0.442 e. The summed E-state index contributed by atoms with van der Waals surface area (Å²) < 4.78 is 5.21. The van der Waals surface area contributed by atoms with Gasteiger partial charge in [-0.2, -0.15) is 0 Å². The summed E-state index contributed by atoms with van der Waals surface area (Å²) in [5.41, 5.74) is 0.805. The molecule has 0 aromatic carbocycles. The largest absolute Gasteiger partial charge is 0.442 e. The van der Waals surface area contributed by atoms with Gasteiger partial charge < -0.3 is 4.42 Å². The molecule has 2 aromatic heterocycles. The number of rotatable bonds is 2. The lowest BCUT2D eigenvalue weighted by atomic mass is 10.3. The van der Waals surface area contributed by atoms with Gasteiger partial charge in [-0.05, 0) is 11.4 Å². The van der Waals surface area contributed by atoms with Crippen molar-refractivity contribution < 1.29 is 4.42 Å². The van der Waals surface area contributed by atoms with Crippen LogP contribution in [0.3, 0.4) is 0 Å². The second-order valence-electron chi connectivity index (χ2n) is 2.24. The monoisotopic (exact) mass is 199 g/mol. The lowest BCUT2D eigenvalue weighted by Crippen LogP contribution is -1.78. The third-order valence-corrected chi connectivity index (χ3v) is 2.63. The van der Waals surface area contributed by atoms with E-state index in [1.807, 2.05) is 17.5 Å². The summed E-state index contributed by atoms with van der Waals surface area (Å²) >= 11 is 7.29. The SMILES string of the molecule is ClCc1ncoc1-c1cccs1. The Morgan fingerprint density at radius 2 is 2.50 bits per heavy atom. The van der Waals surface area contributed by atoms with Crippen LogP contribution >= 0.6 is 22.9 Å². The standard InChI is InChI=1S/C8H6ClNOS/c9-4-6-8(11-5-10-6)7-2-1-3-12-7/h1-3,5H,4H2. The summed E-state index contributed by atoms with van der Waals surface area (Å²) in [5.74, 6) is 1.18. The molecule has 2 aromatic rings. The molecule has 2 heterocycles. The van der Waals surface area contributed by atoms with E-state index < -0.39 is 0 Å². The van der Waals surface area contributed by atoms with Crippen LogP contribution in [0.4, 0.5) is 0 Å². The smallest absolute Gasteiger partial charge is 0.181 e. The van der Waals surface area contributed by atoms with E-state index in [9.17, 15) is 0 Å². The van der Waals surface area contributed by atoms with Crippen molar-refractivity contribution in [3.63, 3.8) is 0 Å². The third-order valence-electron chi connectivity index (χ3n) is 1.51. The highest BCUT2D eigenvalue weighted by Crippen LogP contribution is 2.27. The molecule has 0 radical (unpaired) electrons. The number of thiophene rings is 1. The van der Waals surface area contributed by atoms with Gasteiger partial charge in [-0.1, -0.05) is 6.07 Å². The van der Waals surface area contributed by atoms with Gasteiger partial charge in [0.25, 0.3) is 0 Å². The molecule has 2 nitrogen and oxygen atoms in total. The van der Waals surface area contributed by atoms with Gasteiger partial charge in [0.1, 0.15) is 5.69 Å². The van der Waals surface area contributed by atoms with E-state index in [1.165, 1.54) is 6.39 Å². The number of oxazole rings is 1. The molecule has 0 saturated heterocycles. The normalized spacial score (nSPS) is 10.4. The molecule has 0 N–H and O–H groups in total. The van der Waals surface area contributed by atoms with Crippen LogP contribution in [-0.4, -0.2) is 4.98 Å². The molecular formula is C8H6ClNOS. The minimum atomic E-state index is 0.393. The number of hydrogen-bond acceptors (Lipinski definition) is 3. The summed E-state index contributed by atoms with van der Waals surface area (Å²) in [6.07, 6.45) is 1.42. The summed E-state index contributed by atoms with van der Waals surface area (Å²) in [6, 6.07) is 3.96. The zero-order valence-electron chi connectivity index (χ0n) is 6.16. The number of halogens is 1. The summed E-state index contributed by atoms with van der Waals surface area (Å²) in [7, 11) is 0. The van der Waals surface area contributed by atoms with Crippen molar-refractivity contribution in [3.8, 4) is 10.6 Å². The van der Waals surface area contributed by atoms with E-state index >= 15 is 0 Å². The zero-order valence-corrected chi connectivity index (χ0v) is 7.73. The fraction of sp³-hybridized carbons (Fsp3) is 0.125. The fourth-order valence-electron chi connectivity index (χ4n) is 0.973. The molecule has 0 aliphatic heterocycles. The Balaban J connectivity index is 2.46. The van der Waals surface area contributed by atoms with Crippen LogP contribution in [0.5, 0.6) is 0 Å². The molecule has 0 amide bonds. The first-order chi connectivity index (χ1) is 5.92. The molecule has 0 spiro atoms. The van der Waals surface area contributed by atoms with Crippen LogP contribution < -0.4 is 0 Å². The van der Waals surface area contributed by atoms with Crippen molar-refractivity contribution in [2.75, 3.05) is 0 Å². The molecule has 2 rings (SSSR count). The van der Waals surface area contributed by atoms with Gasteiger partial charge in [0, 0.05) is 0 Å². The highest BCUT2D eigenvalue weighted by molar-refractivity contribution is 7.13. The fourth-order valence-corrected chi connectivity index (χ4v) is 1.90. The van der Waals surface area contributed by atoms with Gasteiger partial charge in [0.15, 0.2) is 12.2 Å². The summed E-state index contributed by atoms with van der Waals surface area (Å²) in [5, 5.41) is 2.00. The van der Waals surface area contributed by atoms with Crippen LogP contribution in [0.25, 0.3) is 10.6 Å². The molecule has 0 unspecified atom stereocenters. The maximum atomic E-state index is 5.67. The minimum absolute atomic E-state index is 0.393. The molecule has 0 atom stereocenters. The topological polar surface area (TPSA) is 26.0 Å². The van der Waals surface area contributed by atoms with Crippen molar-refractivity contribution in [1.29, 1.82) is 0 Å². The van der Waals surface area contributed by atoms with Gasteiger partial charge in [-0.3, -0.25) is 0 Å². The van der Waals surface area contributed by atoms with E-state index in [2.05, 4.69) is 4.98 Å². The van der Waals surface area contributed by atoms with Gasteiger partial charge in [0.2, 0.25) is 0 Å². The number of aromatic nitrogens is 1. The Labute approximate surface area is 78.8 Å². The molecular weight excluding hydrogens is 194 g/mol. The second-order valence-corrected chi connectivity index (χ2v) is 3.45. The van der Waals surface area contributed by atoms with E-state index in [0.29, 0.717) is 5.88 Å². The van der Waals surface area contributed by atoms with Gasteiger partial charge in [0.05, 0.1) is 10.8 Å². The predicted octanol–water partition coefficient (Wildman–Crippen LogP) is 3.14. The Kier molecular flexibility index (Phi) is 2.15. The van der Waals surface area contributed by atoms with Crippen molar-refractivity contribution in [2.24, 2.45) is 0 Å². The van der Waals surface area contributed by atoms with E-state index in [4.69, 9.17) is 16.0 Å². The maximum absolute atomic E-state index is 5.67. The van der Waals surface area contributed by atoms with Gasteiger partial charge in [-0.25, -0.2) is 4.98 Å². The van der Waals surface area contributed by atoms with Crippen molar-refractivity contribution >= 4 is 22.9 Å². The van der Waals surface area contributed by atoms with Crippen molar-refractivity contribution in [2.45, 2.75) is 5.88 Å². The highest BCUT2D eigenvalue weighted by atomic mass is 35.5. The molecule has 62 valence electrons. The number of hydrogen-bond donors (Lipinski definition) is 0. The highest BCUT2D eigenvalue weighted by Gasteiger charge is 2.09. The van der Waals surface area contributed by atoms with Crippen LogP contribution in [0, 0.1) is 0 Å². The average Bonchev–Trinajstić information content (AvgIpc) is 2.74. The molecule has 0 bridgehead atoms. The molecule has 0 aliphatic carbocycles. The molecule has 4 heteroatoms. The van der Waals surface area contributed by atoms with Crippen molar-refractivity contribution in [3.05, 3.63) is 29.6 Å². The van der Waals surface area contributed by atoms with Crippen LogP contribution in [-0.2, 0) is 5.88 Å². The van der Waals surface area contributed by atoms with E-state index in [-0.39, 0.29) is 0 Å². The summed E-state index contributed by atoms with van der Waals surface area (Å²) in [4.78, 5) is 5.07. The number of alkyl halides is 1. The van der Waals surface area contributed by atoms with E-state index in [1.54, 1.807) is 11.3 Å². The Morgan fingerprint density at radius 1 is 1.58 bits per heavy atom. The van der Waals surface area contributed by atoms with Crippen LogP contribution in [0.15, 0.2) is 28.3 Å². The van der Waals surface area contributed by atoms with Gasteiger partial charge in [-0.15, -0.1) is 22.9 Å². The van der Waals surface area contributed by atoms with E-state index in [0.717, 1.165) is 16.3 Å². The average molecular weight is 200 g/mol. The molecule has 0 aliphatic rings. The second kappa shape index (κ2) is 3.29. The van der Waals surface area contributed by atoms with Gasteiger partial charge >= 0.3 is 0 Å². The Bertz CT molecular complexity index is 355.